The van der Waals surface area contributed by atoms with Crippen molar-refractivity contribution in [3.8, 4) is 0 Å². The third-order valence-electron chi connectivity index (χ3n) is 3.98. The molecule has 0 radical (unpaired) electrons. The third-order valence-corrected chi connectivity index (χ3v) is 4.19. The van der Waals surface area contributed by atoms with Gasteiger partial charge in [0.05, 0.1) is 0 Å². The molecule has 1 aromatic rings. The van der Waals surface area contributed by atoms with Crippen molar-refractivity contribution < 1.29 is 9.90 Å². The number of rotatable bonds is 5. The Bertz CT molecular complexity index is 471. The Morgan fingerprint density at radius 1 is 1.40 bits per heavy atom. The van der Waals surface area contributed by atoms with Crippen molar-refractivity contribution in [2.45, 2.75) is 51.5 Å². The number of carboxylic acids is 1. The molecule has 2 rings (SSSR count). The van der Waals surface area contributed by atoms with Crippen LogP contribution in [0.4, 0.5) is 5.82 Å². The summed E-state index contributed by atoms with van der Waals surface area (Å²) < 4.78 is 0. The summed E-state index contributed by atoms with van der Waals surface area (Å²) in [6.07, 6.45) is 7.07. The Labute approximate surface area is 124 Å². The molecule has 2 N–H and O–H groups in total. The van der Waals surface area contributed by atoms with Crippen molar-refractivity contribution in [3.05, 3.63) is 22.8 Å². The van der Waals surface area contributed by atoms with Gasteiger partial charge in [0.25, 0.3) is 0 Å². The molecule has 1 saturated carbocycles. The van der Waals surface area contributed by atoms with Gasteiger partial charge in [0, 0.05) is 6.04 Å². The lowest BCUT2D eigenvalue weighted by Gasteiger charge is -2.29. The van der Waals surface area contributed by atoms with Crippen LogP contribution in [0, 0.1) is 5.92 Å². The quantitative estimate of drug-likeness (QED) is 0.799. The zero-order chi connectivity index (χ0) is 14.5. The van der Waals surface area contributed by atoms with Gasteiger partial charge in [-0.3, -0.25) is 0 Å². The van der Waals surface area contributed by atoms with Gasteiger partial charge in [-0.1, -0.05) is 31.4 Å². The van der Waals surface area contributed by atoms with E-state index in [2.05, 4.69) is 17.2 Å². The minimum absolute atomic E-state index is 0.185. The van der Waals surface area contributed by atoms with Gasteiger partial charge in [0.1, 0.15) is 16.5 Å². The fourth-order valence-corrected chi connectivity index (χ4v) is 3.06. The molecule has 1 fully saturated rings. The van der Waals surface area contributed by atoms with Gasteiger partial charge in [-0.2, -0.15) is 0 Å². The first-order valence-electron chi connectivity index (χ1n) is 7.26. The Morgan fingerprint density at radius 3 is 2.70 bits per heavy atom. The fourth-order valence-electron chi connectivity index (χ4n) is 2.91. The Hall–Kier alpha value is -1.29. The first-order chi connectivity index (χ1) is 9.60. The summed E-state index contributed by atoms with van der Waals surface area (Å²) in [5, 5.41) is 12.7. The fraction of sp³-hybridized carbons (Fsp3) is 0.600. The topological polar surface area (TPSA) is 62.2 Å². The standard InChI is InChI=1S/C15H21ClN2O2/c1-2-3-10-4-6-11(7-5-10)17-14-12(15(19)20)8-9-13(16)18-14/h8-11H,2-7H2,1H3,(H,17,18)(H,19,20). The summed E-state index contributed by atoms with van der Waals surface area (Å²) in [5.74, 6) is 0.240. The Morgan fingerprint density at radius 2 is 2.10 bits per heavy atom. The highest BCUT2D eigenvalue weighted by molar-refractivity contribution is 6.29. The van der Waals surface area contributed by atoms with Crippen LogP contribution in [-0.2, 0) is 0 Å². The molecule has 20 heavy (non-hydrogen) atoms. The lowest BCUT2D eigenvalue weighted by molar-refractivity contribution is 0.0697. The number of aromatic nitrogens is 1. The van der Waals surface area contributed by atoms with E-state index in [1.807, 2.05) is 0 Å². The third kappa shape index (κ3) is 3.85. The monoisotopic (exact) mass is 296 g/mol. The van der Waals surface area contributed by atoms with Crippen LogP contribution < -0.4 is 5.32 Å². The molecule has 1 aliphatic rings. The molecule has 1 aromatic heterocycles. The van der Waals surface area contributed by atoms with Crippen molar-refractivity contribution in [1.29, 1.82) is 0 Å². The average Bonchev–Trinajstić information content (AvgIpc) is 2.41. The van der Waals surface area contributed by atoms with Crippen molar-refractivity contribution in [3.63, 3.8) is 0 Å². The Balaban J connectivity index is 2.00. The second kappa shape index (κ2) is 6.93. The van der Waals surface area contributed by atoms with Gasteiger partial charge < -0.3 is 10.4 Å². The van der Waals surface area contributed by atoms with E-state index in [0.717, 1.165) is 18.8 Å². The van der Waals surface area contributed by atoms with Gasteiger partial charge in [0.15, 0.2) is 0 Å². The molecule has 0 saturated heterocycles. The predicted molar refractivity (Wildman–Crippen MR) is 80.5 cm³/mol. The second-order valence-corrected chi connectivity index (χ2v) is 5.87. The molecule has 0 aliphatic heterocycles. The van der Waals surface area contributed by atoms with E-state index in [1.165, 1.54) is 37.8 Å². The Kier molecular flexibility index (Phi) is 5.24. The summed E-state index contributed by atoms with van der Waals surface area (Å²) >= 11 is 5.86. The van der Waals surface area contributed by atoms with E-state index >= 15 is 0 Å². The van der Waals surface area contributed by atoms with E-state index in [9.17, 15) is 9.90 Å². The van der Waals surface area contributed by atoms with E-state index in [0.29, 0.717) is 17.0 Å². The van der Waals surface area contributed by atoms with E-state index in [-0.39, 0.29) is 5.56 Å². The van der Waals surface area contributed by atoms with E-state index < -0.39 is 5.97 Å². The average molecular weight is 297 g/mol. The number of pyridine rings is 1. The van der Waals surface area contributed by atoms with Gasteiger partial charge in [-0.15, -0.1) is 0 Å². The second-order valence-electron chi connectivity index (χ2n) is 5.49. The summed E-state index contributed by atoms with van der Waals surface area (Å²) in [4.78, 5) is 15.3. The van der Waals surface area contributed by atoms with Gasteiger partial charge >= 0.3 is 5.97 Å². The van der Waals surface area contributed by atoms with Crippen LogP contribution >= 0.6 is 11.6 Å². The molecule has 0 amide bonds. The number of carboxylic acid groups (broad SMARTS) is 1. The maximum atomic E-state index is 11.2. The molecule has 110 valence electrons. The zero-order valence-electron chi connectivity index (χ0n) is 11.7. The first-order valence-corrected chi connectivity index (χ1v) is 7.64. The summed E-state index contributed by atoms with van der Waals surface area (Å²) in [5.41, 5.74) is 0.185. The minimum atomic E-state index is -0.976. The maximum absolute atomic E-state index is 11.2. The molecular formula is C15H21ClN2O2. The van der Waals surface area contributed by atoms with Crippen LogP contribution in [-0.4, -0.2) is 22.1 Å². The zero-order valence-corrected chi connectivity index (χ0v) is 12.5. The highest BCUT2D eigenvalue weighted by atomic mass is 35.5. The van der Waals surface area contributed by atoms with Crippen molar-refractivity contribution in [1.82, 2.24) is 4.98 Å². The lowest BCUT2D eigenvalue weighted by Crippen LogP contribution is -2.27. The molecule has 0 unspecified atom stereocenters. The van der Waals surface area contributed by atoms with E-state index in [1.54, 1.807) is 0 Å². The highest BCUT2D eigenvalue weighted by Gasteiger charge is 2.22. The molecule has 1 aliphatic carbocycles. The smallest absolute Gasteiger partial charge is 0.339 e. The number of hydrogen-bond acceptors (Lipinski definition) is 3. The van der Waals surface area contributed by atoms with Gasteiger partial charge in [-0.05, 0) is 43.7 Å². The highest BCUT2D eigenvalue weighted by Crippen LogP contribution is 2.30. The van der Waals surface area contributed by atoms with Crippen LogP contribution in [0.1, 0.15) is 55.8 Å². The molecule has 0 spiro atoms. The predicted octanol–water partition coefficient (Wildman–Crippen LogP) is 4.20. The molecule has 4 nitrogen and oxygen atoms in total. The van der Waals surface area contributed by atoms with Gasteiger partial charge in [-0.25, -0.2) is 9.78 Å². The molecule has 1 heterocycles. The molecular weight excluding hydrogens is 276 g/mol. The molecule has 0 bridgehead atoms. The maximum Gasteiger partial charge on any atom is 0.339 e. The molecule has 0 aromatic carbocycles. The summed E-state index contributed by atoms with van der Waals surface area (Å²) in [6, 6.07) is 3.31. The van der Waals surface area contributed by atoms with E-state index in [4.69, 9.17) is 11.6 Å². The van der Waals surface area contributed by atoms with Crippen LogP contribution in [0.3, 0.4) is 0 Å². The number of anilines is 1. The SMILES string of the molecule is CCCC1CCC(Nc2nc(Cl)ccc2C(=O)O)CC1. The summed E-state index contributed by atoms with van der Waals surface area (Å²) in [6.45, 7) is 2.22. The summed E-state index contributed by atoms with van der Waals surface area (Å²) in [7, 11) is 0. The number of nitrogens with one attached hydrogen (secondary N) is 1. The van der Waals surface area contributed by atoms with Crippen molar-refractivity contribution in [2.24, 2.45) is 5.92 Å². The number of halogens is 1. The molecule has 5 heteroatoms. The molecule has 0 atom stereocenters. The van der Waals surface area contributed by atoms with Crippen LogP contribution in [0.25, 0.3) is 0 Å². The van der Waals surface area contributed by atoms with Crippen LogP contribution in [0.15, 0.2) is 12.1 Å². The first kappa shape index (κ1) is 15.1. The van der Waals surface area contributed by atoms with Crippen LogP contribution in [0.5, 0.6) is 0 Å². The number of nitrogens with zero attached hydrogens (tertiary/aromatic N) is 1. The number of hydrogen-bond donors (Lipinski definition) is 2. The normalized spacial score (nSPS) is 22.5. The minimum Gasteiger partial charge on any atom is -0.478 e. The number of aromatic carboxylic acids is 1. The largest absolute Gasteiger partial charge is 0.478 e. The number of carbonyl (C=O) groups is 1. The van der Waals surface area contributed by atoms with Crippen molar-refractivity contribution in [2.75, 3.05) is 5.32 Å². The van der Waals surface area contributed by atoms with Crippen LogP contribution in [0.2, 0.25) is 5.15 Å². The van der Waals surface area contributed by atoms with Crippen molar-refractivity contribution >= 4 is 23.4 Å². The lowest BCUT2D eigenvalue weighted by atomic mass is 9.83. The van der Waals surface area contributed by atoms with Gasteiger partial charge in [0.2, 0.25) is 0 Å².